The predicted octanol–water partition coefficient (Wildman–Crippen LogP) is 3.28. The summed E-state index contributed by atoms with van der Waals surface area (Å²) in [5.74, 6) is -1.35. The summed E-state index contributed by atoms with van der Waals surface area (Å²) < 4.78 is 26.3. The highest BCUT2D eigenvalue weighted by Gasteiger charge is 2.28. The summed E-state index contributed by atoms with van der Waals surface area (Å²) >= 11 is 11.7. The number of sulfonamides is 1. The topological polar surface area (TPSA) is 74.7 Å². The van der Waals surface area contributed by atoms with Crippen LogP contribution in [0.25, 0.3) is 0 Å². The molecule has 0 aliphatic heterocycles. The van der Waals surface area contributed by atoms with Crippen molar-refractivity contribution in [1.82, 2.24) is 4.31 Å². The van der Waals surface area contributed by atoms with E-state index in [0.29, 0.717) is 5.57 Å². The van der Waals surface area contributed by atoms with Crippen LogP contribution in [0.15, 0.2) is 29.2 Å². The van der Waals surface area contributed by atoms with Gasteiger partial charge in [-0.2, -0.15) is 4.31 Å². The number of halogens is 2. The fourth-order valence-corrected chi connectivity index (χ4v) is 4.10. The lowest BCUT2D eigenvalue weighted by Gasteiger charge is -2.21. The maximum absolute atomic E-state index is 12.6. The van der Waals surface area contributed by atoms with E-state index < -0.39 is 16.0 Å². The number of carboxylic acids is 1. The Bertz CT molecular complexity index is 686. The molecule has 1 aromatic carbocycles. The summed E-state index contributed by atoms with van der Waals surface area (Å²) in [6.45, 7) is 7.35. The van der Waals surface area contributed by atoms with Crippen molar-refractivity contribution in [3.63, 3.8) is 0 Å². The molecular formula is C13H15Cl2NO4S. The van der Waals surface area contributed by atoms with Gasteiger partial charge in [-0.3, -0.25) is 0 Å². The van der Waals surface area contributed by atoms with Gasteiger partial charge in [0.25, 0.3) is 0 Å². The first kappa shape index (κ1) is 18.0. The first-order chi connectivity index (χ1) is 9.61. The zero-order valence-corrected chi connectivity index (χ0v) is 13.9. The van der Waals surface area contributed by atoms with Crippen LogP contribution in [0.5, 0.6) is 0 Å². The third kappa shape index (κ3) is 3.97. The van der Waals surface area contributed by atoms with Crippen molar-refractivity contribution >= 4 is 39.2 Å². The molecule has 0 heterocycles. The molecular weight excluding hydrogens is 337 g/mol. The van der Waals surface area contributed by atoms with Gasteiger partial charge in [-0.1, -0.05) is 42.3 Å². The minimum Gasteiger partial charge on any atom is -0.478 e. The van der Waals surface area contributed by atoms with Crippen molar-refractivity contribution in [2.45, 2.75) is 18.7 Å². The number of likely N-dealkylation sites (N-methyl/N-ethyl adjacent to an activating group) is 1. The second kappa shape index (κ2) is 6.79. The molecule has 116 valence electrons. The Labute approximate surface area is 133 Å². The molecule has 5 nitrogen and oxygen atoms in total. The fraction of sp³-hybridized carbons (Fsp3) is 0.308. The minimum atomic E-state index is -3.96. The van der Waals surface area contributed by atoms with Gasteiger partial charge in [0.15, 0.2) is 0 Å². The molecule has 0 aliphatic rings. The van der Waals surface area contributed by atoms with Crippen LogP contribution >= 0.6 is 23.2 Å². The number of rotatable bonds is 6. The van der Waals surface area contributed by atoms with Gasteiger partial charge >= 0.3 is 5.97 Å². The molecule has 0 unspecified atom stereocenters. The second-order valence-corrected chi connectivity index (χ2v) is 7.18. The molecule has 1 rings (SSSR count). The van der Waals surface area contributed by atoms with Gasteiger partial charge in [-0.25, -0.2) is 13.2 Å². The SMILES string of the molecule is C=C(C)CN(CC)S(=O)(=O)c1cc(Cl)cc(C(=O)O)c1Cl. The zero-order valence-electron chi connectivity index (χ0n) is 11.6. The number of benzene rings is 1. The van der Waals surface area contributed by atoms with Crippen LogP contribution in [-0.2, 0) is 10.0 Å². The second-order valence-electron chi connectivity index (χ2n) is 4.46. The van der Waals surface area contributed by atoms with E-state index in [-0.39, 0.29) is 33.6 Å². The summed E-state index contributed by atoms with van der Waals surface area (Å²) in [7, 11) is -3.96. The Kier molecular flexibility index (Phi) is 5.81. The summed E-state index contributed by atoms with van der Waals surface area (Å²) in [6.07, 6.45) is 0. The van der Waals surface area contributed by atoms with E-state index in [4.69, 9.17) is 28.3 Å². The van der Waals surface area contributed by atoms with Gasteiger partial charge in [0.05, 0.1) is 10.6 Å². The van der Waals surface area contributed by atoms with Crippen LogP contribution in [0.4, 0.5) is 0 Å². The molecule has 21 heavy (non-hydrogen) atoms. The van der Waals surface area contributed by atoms with Gasteiger partial charge < -0.3 is 5.11 Å². The molecule has 0 radical (unpaired) electrons. The number of nitrogens with zero attached hydrogens (tertiary/aromatic N) is 1. The quantitative estimate of drug-likeness (QED) is 0.798. The third-order valence-electron chi connectivity index (χ3n) is 2.65. The van der Waals surface area contributed by atoms with Gasteiger partial charge in [0.1, 0.15) is 4.90 Å². The van der Waals surface area contributed by atoms with E-state index in [1.54, 1.807) is 13.8 Å². The minimum absolute atomic E-state index is 0.0123. The summed E-state index contributed by atoms with van der Waals surface area (Å²) in [4.78, 5) is 10.8. The van der Waals surface area contributed by atoms with Crippen LogP contribution in [0.2, 0.25) is 10.0 Å². The molecule has 0 aliphatic carbocycles. The van der Waals surface area contributed by atoms with Crippen LogP contribution < -0.4 is 0 Å². The largest absolute Gasteiger partial charge is 0.478 e. The van der Waals surface area contributed by atoms with Gasteiger partial charge in [-0.15, -0.1) is 0 Å². The molecule has 0 amide bonds. The Hall–Kier alpha value is -1.08. The average Bonchev–Trinajstić information content (AvgIpc) is 2.37. The van der Waals surface area contributed by atoms with Crippen molar-refractivity contribution in [1.29, 1.82) is 0 Å². The highest BCUT2D eigenvalue weighted by molar-refractivity contribution is 7.89. The number of aromatic carboxylic acids is 1. The fourth-order valence-electron chi connectivity index (χ4n) is 1.71. The van der Waals surface area contributed by atoms with Crippen molar-refractivity contribution in [2.75, 3.05) is 13.1 Å². The molecule has 1 aromatic rings. The number of hydrogen-bond donors (Lipinski definition) is 1. The van der Waals surface area contributed by atoms with E-state index >= 15 is 0 Å². The standard InChI is InChI=1S/C13H15Cl2NO4S/c1-4-16(7-8(2)3)21(19,20)11-6-9(14)5-10(12(11)15)13(17)18/h5-6H,2,4,7H2,1,3H3,(H,17,18). The Morgan fingerprint density at radius 1 is 1.38 bits per heavy atom. The van der Waals surface area contributed by atoms with Gasteiger partial charge in [-0.05, 0) is 19.1 Å². The molecule has 1 N–H and O–H groups in total. The lowest BCUT2D eigenvalue weighted by Crippen LogP contribution is -2.32. The average molecular weight is 352 g/mol. The first-order valence-corrected chi connectivity index (χ1v) is 8.17. The zero-order chi connectivity index (χ0) is 16.4. The van der Waals surface area contributed by atoms with E-state index in [9.17, 15) is 13.2 Å². The van der Waals surface area contributed by atoms with Crippen LogP contribution in [0.1, 0.15) is 24.2 Å². The molecule has 0 bridgehead atoms. The van der Waals surface area contributed by atoms with Crippen molar-refractivity contribution in [3.8, 4) is 0 Å². The number of hydrogen-bond acceptors (Lipinski definition) is 3. The molecule has 0 saturated carbocycles. The smallest absolute Gasteiger partial charge is 0.337 e. The third-order valence-corrected chi connectivity index (χ3v) is 5.33. The number of carbonyl (C=O) groups is 1. The molecule has 0 fully saturated rings. The summed E-state index contributed by atoms with van der Waals surface area (Å²) in [6, 6.07) is 2.26. The van der Waals surface area contributed by atoms with E-state index in [0.717, 1.165) is 16.4 Å². The predicted molar refractivity (Wildman–Crippen MR) is 82.7 cm³/mol. The highest BCUT2D eigenvalue weighted by Crippen LogP contribution is 2.31. The van der Waals surface area contributed by atoms with E-state index in [1.807, 2.05) is 0 Å². The van der Waals surface area contributed by atoms with E-state index in [1.165, 1.54) is 0 Å². The van der Waals surface area contributed by atoms with Gasteiger partial charge in [0, 0.05) is 18.1 Å². The lowest BCUT2D eigenvalue weighted by molar-refractivity contribution is 0.0697. The molecule has 0 atom stereocenters. The van der Waals surface area contributed by atoms with E-state index in [2.05, 4.69) is 6.58 Å². The normalized spacial score (nSPS) is 11.7. The van der Waals surface area contributed by atoms with Crippen molar-refractivity contribution < 1.29 is 18.3 Å². The molecule has 0 saturated heterocycles. The lowest BCUT2D eigenvalue weighted by atomic mass is 10.2. The molecule has 0 aromatic heterocycles. The Morgan fingerprint density at radius 2 is 1.95 bits per heavy atom. The number of carboxylic acid groups (broad SMARTS) is 1. The van der Waals surface area contributed by atoms with Crippen molar-refractivity contribution in [2.24, 2.45) is 0 Å². The van der Waals surface area contributed by atoms with Gasteiger partial charge in [0.2, 0.25) is 10.0 Å². The first-order valence-electron chi connectivity index (χ1n) is 5.98. The monoisotopic (exact) mass is 351 g/mol. The van der Waals surface area contributed by atoms with Crippen LogP contribution in [0, 0.1) is 0 Å². The van der Waals surface area contributed by atoms with Crippen LogP contribution in [0.3, 0.4) is 0 Å². The molecule has 8 heteroatoms. The Morgan fingerprint density at radius 3 is 2.38 bits per heavy atom. The van der Waals surface area contributed by atoms with Crippen LogP contribution in [-0.4, -0.2) is 36.9 Å². The Balaban J connectivity index is 3.50. The highest BCUT2D eigenvalue weighted by atomic mass is 35.5. The maximum atomic E-state index is 12.6. The van der Waals surface area contributed by atoms with Crippen molar-refractivity contribution in [3.05, 3.63) is 39.9 Å². The maximum Gasteiger partial charge on any atom is 0.337 e. The summed E-state index contributed by atoms with van der Waals surface area (Å²) in [5.41, 5.74) is 0.297. The molecule has 0 spiro atoms. The summed E-state index contributed by atoms with van der Waals surface area (Å²) in [5, 5.41) is 8.69.